The lowest BCUT2D eigenvalue weighted by Gasteiger charge is -2.42. The Morgan fingerprint density at radius 3 is 2.62 bits per heavy atom. The van der Waals surface area contributed by atoms with Crippen molar-refractivity contribution in [2.24, 2.45) is 0 Å². The molecule has 1 aliphatic carbocycles. The van der Waals surface area contributed by atoms with Crippen LogP contribution in [0.4, 0.5) is 5.69 Å². The van der Waals surface area contributed by atoms with Gasteiger partial charge in [0.1, 0.15) is 0 Å². The molecule has 0 saturated heterocycles. The molecule has 0 bridgehead atoms. The van der Waals surface area contributed by atoms with Crippen molar-refractivity contribution in [1.29, 1.82) is 0 Å². The number of likely N-dealkylation sites (N-methyl/N-ethyl adjacent to an activating group) is 1. The Morgan fingerprint density at radius 2 is 2.04 bits per heavy atom. The Labute approximate surface area is 147 Å². The second kappa shape index (κ2) is 8.35. The number of carboxylic acids is 1. The number of hydrogen-bond donors (Lipinski definition) is 3. The molecule has 6 nitrogen and oxygen atoms in total. The fourth-order valence-corrected chi connectivity index (χ4v) is 3.16. The van der Waals surface area contributed by atoms with Crippen molar-refractivity contribution in [3.63, 3.8) is 0 Å². The van der Waals surface area contributed by atoms with E-state index in [1.807, 2.05) is 18.7 Å². The Morgan fingerprint density at radius 1 is 1.33 bits per heavy atom. The van der Waals surface area contributed by atoms with Crippen molar-refractivity contribution in [3.8, 4) is 0 Å². The van der Waals surface area contributed by atoms with Gasteiger partial charge in [0.05, 0.1) is 12.1 Å². The van der Waals surface area contributed by atoms with Crippen LogP contribution in [0.3, 0.4) is 0 Å². The first-order valence-corrected chi connectivity index (χ1v) is 8.62. The summed E-state index contributed by atoms with van der Waals surface area (Å²) in [6.45, 7) is 5.36. The first-order chi connectivity index (χ1) is 11.4. The number of carboxylic acid groups (broad SMARTS) is 1. The summed E-state index contributed by atoms with van der Waals surface area (Å²) in [5, 5.41) is 15.6. The van der Waals surface area contributed by atoms with Crippen LogP contribution in [0.1, 0.15) is 37.0 Å². The summed E-state index contributed by atoms with van der Waals surface area (Å²) in [5.74, 6) is -0.975. The highest BCUT2D eigenvalue weighted by molar-refractivity contribution is 6.31. The Bertz CT molecular complexity index is 603. The number of nitrogens with zero attached hydrogens (tertiary/aromatic N) is 1. The summed E-state index contributed by atoms with van der Waals surface area (Å²) in [6, 6.07) is 5.49. The van der Waals surface area contributed by atoms with E-state index in [4.69, 9.17) is 16.7 Å². The van der Waals surface area contributed by atoms with Crippen LogP contribution in [0.25, 0.3) is 0 Å². The van der Waals surface area contributed by atoms with Gasteiger partial charge in [0.15, 0.2) is 0 Å². The number of amides is 1. The van der Waals surface area contributed by atoms with Gasteiger partial charge < -0.3 is 15.7 Å². The highest BCUT2D eigenvalue weighted by Crippen LogP contribution is 2.27. The van der Waals surface area contributed by atoms with E-state index >= 15 is 0 Å². The van der Waals surface area contributed by atoms with Gasteiger partial charge in [-0.05, 0) is 44.5 Å². The molecule has 0 unspecified atom stereocenters. The van der Waals surface area contributed by atoms with Gasteiger partial charge in [-0.25, -0.2) is 0 Å². The molecule has 24 heavy (non-hydrogen) atoms. The number of halogens is 1. The Kier molecular flexibility index (Phi) is 6.45. The van der Waals surface area contributed by atoms with Gasteiger partial charge >= 0.3 is 5.97 Å². The predicted molar refractivity (Wildman–Crippen MR) is 94.8 cm³/mol. The maximum absolute atomic E-state index is 12.5. The van der Waals surface area contributed by atoms with Gasteiger partial charge in [-0.15, -0.1) is 0 Å². The highest BCUT2D eigenvalue weighted by atomic mass is 35.5. The van der Waals surface area contributed by atoms with Gasteiger partial charge in [-0.2, -0.15) is 0 Å². The maximum Gasteiger partial charge on any atom is 0.317 e. The van der Waals surface area contributed by atoms with Crippen molar-refractivity contribution in [2.75, 3.05) is 25.0 Å². The molecule has 7 heteroatoms. The molecule has 1 aromatic carbocycles. The van der Waals surface area contributed by atoms with Crippen LogP contribution in [0, 0.1) is 0 Å². The second-order valence-electron chi connectivity index (χ2n) is 5.97. The van der Waals surface area contributed by atoms with Crippen LogP contribution in [-0.4, -0.2) is 53.6 Å². The molecule has 0 aliphatic heterocycles. The standard InChI is InChI=1S/C17H24ClN3O3/c1-3-19-15-6-5-11(18)7-14(15)17(24)20-12-8-13(9-12)21(4-2)10-16(22)23/h5-7,12-13,19H,3-4,8-10H2,1-2H3,(H,20,24)(H,22,23). The summed E-state index contributed by atoms with van der Waals surface area (Å²) >= 11 is 6.01. The average Bonchev–Trinajstić information content (AvgIpc) is 2.50. The topological polar surface area (TPSA) is 81.7 Å². The van der Waals surface area contributed by atoms with Crippen molar-refractivity contribution in [3.05, 3.63) is 28.8 Å². The van der Waals surface area contributed by atoms with Crippen molar-refractivity contribution in [2.45, 2.75) is 38.8 Å². The molecule has 0 aromatic heterocycles. The largest absolute Gasteiger partial charge is 0.480 e. The smallest absolute Gasteiger partial charge is 0.317 e. The molecule has 1 saturated carbocycles. The second-order valence-corrected chi connectivity index (χ2v) is 6.41. The third-order valence-electron chi connectivity index (χ3n) is 4.30. The third-order valence-corrected chi connectivity index (χ3v) is 4.54. The number of nitrogens with one attached hydrogen (secondary N) is 2. The molecule has 2 rings (SSSR count). The minimum Gasteiger partial charge on any atom is -0.480 e. The first kappa shape index (κ1) is 18.5. The molecular weight excluding hydrogens is 330 g/mol. The maximum atomic E-state index is 12.5. The van der Waals surface area contributed by atoms with E-state index in [2.05, 4.69) is 10.6 Å². The van der Waals surface area contributed by atoms with Gasteiger partial charge in [-0.1, -0.05) is 18.5 Å². The van der Waals surface area contributed by atoms with Crippen molar-refractivity contribution >= 4 is 29.2 Å². The molecule has 0 atom stereocenters. The summed E-state index contributed by atoms with van der Waals surface area (Å²) in [6.07, 6.45) is 1.54. The number of hydrogen-bond acceptors (Lipinski definition) is 4. The van der Waals surface area contributed by atoms with Crippen LogP contribution in [0.15, 0.2) is 18.2 Å². The lowest BCUT2D eigenvalue weighted by atomic mass is 9.85. The third kappa shape index (κ3) is 4.61. The average molecular weight is 354 g/mol. The lowest BCUT2D eigenvalue weighted by molar-refractivity contribution is -0.139. The summed E-state index contributed by atoms with van der Waals surface area (Å²) in [7, 11) is 0. The zero-order valence-electron chi connectivity index (χ0n) is 14.0. The quantitative estimate of drug-likeness (QED) is 0.668. The van der Waals surface area contributed by atoms with Gasteiger partial charge in [0, 0.05) is 29.3 Å². The molecular formula is C17H24ClN3O3. The summed E-state index contributed by atoms with van der Waals surface area (Å²) < 4.78 is 0. The zero-order valence-corrected chi connectivity index (χ0v) is 14.8. The summed E-state index contributed by atoms with van der Waals surface area (Å²) in [5.41, 5.74) is 1.29. The number of anilines is 1. The number of carbonyl (C=O) groups excluding carboxylic acids is 1. The SMILES string of the molecule is CCNc1ccc(Cl)cc1C(=O)NC1CC(N(CC)CC(=O)O)C1. The fourth-order valence-electron chi connectivity index (χ4n) is 2.99. The number of rotatable bonds is 8. The van der Waals surface area contributed by atoms with Crippen molar-refractivity contribution < 1.29 is 14.7 Å². The van der Waals surface area contributed by atoms with E-state index in [1.165, 1.54) is 0 Å². The van der Waals surface area contributed by atoms with Gasteiger partial charge in [-0.3, -0.25) is 14.5 Å². The van der Waals surface area contributed by atoms with E-state index in [-0.39, 0.29) is 24.5 Å². The molecule has 1 amide bonds. The number of aliphatic carboxylic acids is 1. The van der Waals surface area contributed by atoms with Crippen molar-refractivity contribution in [1.82, 2.24) is 10.2 Å². The molecule has 0 spiro atoms. The van der Waals surface area contributed by atoms with E-state index in [1.54, 1.807) is 18.2 Å². The van der Waals surface area contributed by atoms with E-state index in [0.29, 0.717) is 23.7 Å². The van der Waals surface area contributed by atoms with Crippen LogP contribution in [0.2, 0.25) is 5.02 Å². The van der Waals surface area contributed by atoms with Crippen LogP contribution >= 0.6 is 11.6 Å². The Hall–Kier alpha value is -1.79. The highest BCUT2D eigenvalue weighted by Gasteiger charge is 2.35. The monoisotopic (exact) mass is 353 g/mol. The van der Waals surface area contributed by atoms with Crippen LogP contribution < -0.4 is 10.6 Å². The minimum atomic E-state index is -0.821. The summed E-state index contributed by atoms with van der Waals surface area (Å²) in [4.78, 5) is 25.3. The predicted octanol–water partition coefficient (Wildman–Crippen LogP) is 2.44. The molecule has 1 aromatic rings. The van der Waals surface area contributed by atoms with Gasteiger partial charge in [0.2, 0.25) is 0 Å². The number of carbonyl (C=O) groups is 2. The first-order valence-electron chi connectivity index (χ1n) is 8.24. The number of benzene rings is 1. The Balaban J connectivity index is 1.93. The lowest BCUT2D eigenvalue weighted by Crippen LogP contribution is -2.54. The van der Waals surface area contributed by atoms with Crippen LogP contribution in [0.5, 0.6) is 0 Å². The molecule has 132 valence electrons. The fraction of sp³-hybridized carbons (Fsp3) is 0.529. The minimum absolute atomic E-state index is 0.0424. The molecule has 1 aliphatic rings. The normalized spacial score (nSPS) is 19.7. The van der Waals surface area contributed by atoms with Gasteiger partial charge in [0.25, 0.3) is 5.91 Å². The van der Waals surface area contributed by atoms with E-state index < -0.39 is 5.97 Å². The van der Waals surface area contributed by atoms with E-state index in [0.717, 1.165) is 18.5 Å². The van der Waals surface area contributed by atoms with Crippen LogP contribution in [-0.2, 0) is 4.79 Å². The molecule has 1 fully saturated rings. The molecule has 3 N–H and O–H groups in total. The molecule has 0 heterocycles. The van der Waals surface area contributed by atoms with E-state index in [9.17, 15) is 9.59 Å². The zero-order chi connectivity index (χ0) is 17.7. The molecule has 0 radical (unpaired) electrons.